The summed E-state index contributed by atoms with van der Waals surface area (Å²) in [7, 11) is 0. The first-order valence-electron chi connectivity index (χ1n) is 5.66. The maximum atomic E-state index is 13.5. The van der Waals surface area contributed by atoms with Crippen molar-refractivity contribution in [2.24, 2.45) is 5.73 Å². The van der Waals surface area contributed by atoms with E-state index in [1.54, 1.807) is 0 Å². The van der Waals surface area contributed by atoms with Gasteiger partial charge in [0.15, 0.2) is 17.5 Å². The Morgan fingerprint density at radius 3 is 2.32 bits per heavy atom. The molecule has 1 atom stereocenters. The Bertz CT molecular complexity index is 560. The van der Waals surface area contributed by atoms with Gasteiger partial charge in [0.1, 0.15) is 0 Å². The Kier molecular flexibility index (Phi) is 4.50. The summed E-state index contributed by atoms with van der Waals surface area (Å²) in [5.41, 5.74) is 5.80. The van der Waals surface area contributed by atoms with E-state index in [9.17, 15) is 13.2 Å². The van der Waals surface area contributed by atoms with Crippen molar-refractivity contribution in [1.29, 1.82) is 0 Å². The van der Waals surface area contributed by atoms with Crippen LogP contribution < -0.4 is 5.73 Å². The van der Waals surface area contributed by atoms with Crippen LogP contribution >= 0.6 is 11.8 Å². The Labute approximate surface area is 113 Å². The fourth-order valence-electron chi connectivity index (χ4n) is 1.62. The largest absolute Gasteiger partial charge is 0.323 e. The molecule has 0 saturated carbocycles. The monoisotopic (exact) mass is 283 g/mol. The number of benzene rings is 2. The van der Waals surface area contributed by atoms with Crippen molar-refractivity contribution in [2.75, 3.05) is 5.75 Å². The normalized spacial score (nSPS) is 12.4. The maximum Gasteiger partial charge on any atom is 0.194 e. The van der Waals surface area contributed by atoms with Crippen molar-refractivity contribution in [1.82, 2.24) is 0 Å². The number of thioether (sulfide) groups is 1. The lowest BCUT2D eigenvalue weighted by Crippen LogP contribution is -2.16. The molecule has 2 rings (SSSR count). The van der Waals surface area contributed by atoms with E-state index in [0.717, 1.165) is 11.0 Å². The molecule has 5 heteroatoms. The molecule has 0 aliphatic rings. The van der Waals surface area contributed by atoms with Gasteiger partial charge in [0.05, 0.1) is 0 Å². The fraction of sp³-hybridized carbons (Fsp3) is 0.143. The van der Waals surface area contributed by atoms with Gasteiger partial charge >= 0.3 is 0 Å². The summed E-state index contributed by atoms with van der Waals surface area (Å²) in [6, 6.07) is 10.8. The first-order valence-corrected chi connectivity index (χ1v) is 6.65. The molecule has 2 aromatic rings. The van der Waals surface area contributed by atoms with E-state index < -0.39 is 23.5 Å². The number of hydrogen-bond acceptors (Lipinski definition) is 2. The van der Waals surface area contributed by atoms with Gasteiger partial charge in [-0.05, 0) is 18.2 Å². The lowest BCUT2D eigenvalue weighted by molar-refractivity contribution is 0.437. The number of nitrogens with two attached hydrogens (primary N) is 1. The lowest BCUT2D eigenvalue weighted by Gasteiger charge is -2.13. The van der Waals surface area contributed by atoms with E-state index in [1.807, 2.05) is 30.3 Å². The molecule has 0 fully saturated rings. The second-order valence-corrected chi connectivity index (χ2v) is 5.09. The molecule has 2 aromatic carbocycles. The average molecular weight is 283 g/mol. The second-order valence-electron chi connectivity index (χ2n) is 4.00. The second kappa shape index (κ2) is 6.12. The summed E-state index contributed by atoms with van der Waals surface area (Å²) < 4.78 is 39.4. The van der Waals surface area contributed by atoms with Crippen molar-refractivity contribution in [3.8, 4) is 0 Å². The zero-order valence-electron chi connectivity index (χ0n) is 9.95. The molecule has 0 aromatic heterocycles. The van der Waals surface area contributed by atoms with Crippen molar-refractivity contribution in [3.05, 3.63) is 65.5 Å². The quantitative estimate of drug-likeness (QED) is 0.680. The smallest absolute Gasteiger partial charge is 0.194 e. The van der Waals surface area contributed by atoms with E-state index in [1.165, 1.54) is 17.8 Å². The van der Waals surface area contributed by atoms with Gasteiger partial charge in [0.2, 0.25) is 0 Å². The number of rotatable bonds is 4. The molecule has 0 bridgehead atoms. The Hall–Kier alpha value is -1.46. The molecule has 0 aliphatic carbocycles. The third-order valence-corrected chi connectivity index (χ3v) is 3.77. The molecule has 100 valence electrons. The molecule has 0 spiro atoms. The Balaban J connectivity index is 2.08. The highest BCUT2D eigenvalue weighted by Crippen LogP contribution is 2.26. The number of halogens is 3. The van der Waals surface area contributed by atoms with Crippen molar-refractivity contribution in [3.63, 3.8) is 0 Å². The van der Waals surface area contributed by atoms with Crippen LogP contribution in [0.3, 0.4) is 0 Å². The summed E-state index contributed by atoms with van der Waals surface area (Å²) in [4.78, 5) is 0.987. The maximum absolute atomic E-state index is 13.5. The molecular weight excluding hydrogens is 271 g/mol. The van der Waals surface area contributed by atoms with Crippen molar-refractivity contribution < 1.29 is 13.2 Å². The zero-order valence-corrected chi connectivity index (χ0v) is 10.8. The van der Waals surface area contributed by atoms with Crippen LogP contribution in [-0.2, 0) is 0 Å². The van der Waals surface area contributed by atoms with Gasteiger partial charge in [-0.1, -0.05) is 24.3 Å². The topological polar surface area (TPSA) is 26.0 Å². The molecule has 19 heavy (non-hydrogen) atoms. The Morgan fingerprint density at radius 1 is 0.947 bits per heavy atom. The van der Waals surface area contributed by atoms with Gasteiger partial charge < -0.3 is 5.73 Å². The van der Waals surface area contributed by atoms with Gasteiger partial charge in [-0.25, -0.2) is 13.2 Å². The molecule has 0 amide bonds. The van der Waals surface area contributed by atoms with Crippen LogP contribution in [0.4, 0.5) is 13.2 Å². The summed E-state index contributed by atoms with van der Waals surface area (Å²) in [5.74, 6) is -3.51. The van der Waals surface area contributed by atoms with E-state index in [4.69, 9.17) is 5.73 Å². The van der Waals surface area contributed by atoms with Gasteiger partial charge in [-0.15, -0.1) is 11.8 Å². The minimum atomic E-state index is -1.47. The molecule has 2 N–H and O–H groups in total. The van der Waals surface area contributed by atoms with Gasteiger partial charge in [-0.3, -0.25) is 0 Å². The van der Waals surface area contributed by atoms with E-state index in [0.29, 0.717) is 5.75 Å². The third-order valence-electron chi connectivity index (χ3n) is 2.64. The van der Waals surface area contributed by atoms with E-state index in [2.05, 4.69) is 0 Å². The van der Waals surface area contributed by atoms with Gasteiger partial charge in [0.25, 0.3) is 0 Å². The molecule has 0 aliphatic heterocycles. The highest BCUT2D eigenvalue weighted by molar-refractivity contribution is 7.99. The zero-order chi connectivity index (χ0) is 13.8. The third kappa shape index (κ3) is 3.30. The summed E-state index contributed by atoms with van der Waals surface area (Å²) in [5, 5.41) is 0. The number of hydrogen-bond donors (Lipinski definition) is 1. The first-order chi connectivity index (χ1) is 9.09. The van der Waals surface area contributed by atoms with Crippen LogP contribution in [0.15, 0.2) is 47.4 Å². The first kappa shape index (κ1) is 14.0. The van der Waals surface area contributed by atoms with E-state index >= 15 is 0 Å². The molecular formula is C14H12F3NS. The predicted molar refractivity (Wildman–Crippen MR) is 70.4 cm³/mol. The average Bonchev–Trinajstić information content (AvgIpc) is 2.43. The van der Waals surface area contributed by atoms with Crippen LogP contribution in [-0.4, -0.2) is 5.75 Å². The fourth-order valence-corrected chi connectivity index (χ4v) is 2.52. The van der Waals surface area contributed by atoms with E-state index in [-0.39, 0.29) is 5.56 Å². The van der Waals surface area contributed by atoms with Crippen LogP contribution in [0, 0.1) is 17.5 Å². The predicted octanol–water partition coefficient (Wildman–Crippen LogP) is 3.90. The molecule has 0 saturated heterocycles. The van der Waals surface area contributed by atoms with Gasteiger partial charge in [-0.2, -0.15) is 0 Å². The van der Waals surface area contributed by atoms with Crippen molar-refractivity contribution in [2.45, 2.75) is 10.9 Å². The SMILES string of the molecule is NC(CSc1ccccc1)c1ccc(F)c(F)c1F. The Morgan fingerprint density at radius 2 is 1.63 bits per heavy atom. The lowest BCUT2D eigenvalue weighted by atomic mass is 10.1. The summed E-state index contributed by atoms with van der Waals surface area (Å²) >= 11 is 1.43. The molecule has 0 radical (unpaired) electrons. The highest BCUT2D eigenvalue weighted by Gasteiger charge is 2.18. The van der Waals surface area contributed by atoms with Crippen LogP contribution in [0.25, 0.3) is 0 Å². The molecule has 1 unspecified atom stereocenters. The minimum Gasteiger partial charge on any atom is -0.323 e. The van der Waals surface area contributed by atoms with Crippen LogP contribution in [0.2, 0.25) is 0 Å². The molecule has 0 heterocycles. The molecule has 1 nitrogen and oxygen atoms in total. The van der Waals surface area contributed by atoms with Crippen molar-refractivity contribution >= 4 is 11.8 Å². The van der Waals surface area contributed by atoms with Gasteiger partial charge in [0, 0.05) is 22.3 Å². The summed E-state index contributed by atoms with van der Waals surface area (Å²) in [6.07, 6.45) is 0. The highest BCUT2D eigenvalue weighted by atomic mass is 32.2. The summed E-state index contributed by atoms with van der Waals surface area (Å²) in [6.45, 7) is 0. The van der Waals surface area contributed by atoms with Crippen LogP contribution in [0.1, 0.15) is 11.6 Å². The standard InChI is InChI=1S/C14H12F3NS/c15-11-7-6-10(13(16)14(11)17)12(18)8-19-9-4-2-1-3-5-9/h1-7,12H,8,18H2. The van der Waals surface area contributed by atoms with Crippen LogP contribution in [0.5, 0.6) is 0 Å². The minimum absolute atomic E-state index is 0.0117.